The zero-order valence-electron chi connectivity index (χ0n) is 18.7. The second-order valence-electron chi connectivity index (χ2n) is 8.49. The van der Waals surface area contributed by atoms with Crippen LogP contribution in [0.25, 0.3) is 10.8 Å². The number of hydrogen-bond acceptors (Lipinski definition) is 4. The molecule has 0 saturated carbocycles. The molecule has 4 aromatic carbocycles. The molecule has 0 aliphatic carbocycles. The largest absolute Gasteiger partial charge is 0.485 e. The van der Waals surface area contributed by atoms with E-state index >= 15 is 0 Å². The maximum atomic E-state index is 14.0. The van der Waals surface area contributed by atoms with E-state index in [4.69, 9.17) is 4.74 Å². The molecule has 1 aliphatic heterocycles. The Hall–Kier alpha value is -3.90. The minimum absolute atomic E-state index is 0.102. The molecule has 5 nitrogen and oxygen atoms in total. The summed E-state index contributed by atoms with van der Waals surface area (Å²) in [6.07, 6.45) is -0.189. The van der Waals surface area contributed by atoms with Crippen LogP contribution in [0.2, 0.25) is 0 Å². The van der Waals surface area contributed by atoms with Crippen molar-refractivity contribution in [1.82, 2.24) is 5.32 Å². The predicted molar refractivity (Wildman–Crippen MR) is 132 cm³/mol. The molecule has 5 rings (SSSR count). The van der Waals surface area contributed by atoms with Crippen molar-refractivity contribution in [2.75, 3.05) is 18.0 Å². The Morgan fingerprint density at radius 2 is 1.85 bits per heavy atom. The summed E-state index contributed by atoms with van der Waals surface area (Å²) in [6, 6.07) is 26.5. The van der Waals surface area contributed by atoms with Crippen molar-refractivity contribution in [3.63, 3.8) is 0 Å². The molecule has 0 spiro atoms. The fourth-order valence-corrected chi connectivity index (χ4v) is 4.54. The van der Waals surface area contributed by atoms with Gasteiger partial charge in [-0.1, -0.05) is 54.6 Å². The van der Waals surface area contributed by atoms with Gasteiger partial charge in [-0.2, -0.15) is 0 Å². The van der Waals surface area contributed by atoms with Crippen molar-refractivity contribution in [2.24, 2.45) is 0 Å². The number of anilines is 2. The minimum Gasteiger partial charge on any atom is -0.485 e. The molecular formula is C28H25FN2O3. The van der Waals surface area contributed by atoms with Crippen LogP contribution in [0.15, 0.2) is 84.9 Å². The SMILES string of the molecule is CC(NCC1CN(c2ccc(F)c(C(=O)O)c2)c2ccccc2O1)c1cccc2ccccc12. The number of ether oxygens (including phenoxy) is 1. The van der Waals surface area contributed by atoms with E-state index in [1.165, 1.54) is 28.5 Å². The molecule has 6 heteroatoms. The van der Waals surface area contributed by atoms with Crippen molar-refractivity contribution in [3.05, 3.63) is 102 Å². The number of rotatable bonds is 6. The van der Waals surface area contributed by atoms with Gasteiger partial charge in [0.15, 0.2) is 0 Å². The minimum atomic E-state index is -1.29. The van der Waals surface area contributed by atoms with Crippen LogP contribution in [-0.4, -0.2) is 30.3 Å². The Kier molecular flexibility index (Phi) is 5.90. The van der Waals surface area contributed by atoms with Crippen molar-refractivity contribution in [2.45, 2.75) is 19.1 Å². The quantitative estimate of drug-likeness (QED) is 0.377. The molecule has 2 atom stereocenters. The van der Waals surface area contributed by atoms with E-state index in [0.717, 1.165) is 5.69 Å². The number of fused-ring (bicyclic) bond motifs is 2. The molecule has 0 amide bonds. The van der Waals surface area contributed by atoms with Gasteiger partial charge in [-0.15, -0.1) is 0 Å². The Morgan fingerprint density at radius 3 is 2.71 bits per heavy atom. The summed E-state index contributed by atoms with van der Waals surface area (Å²) < 4.78 is 20.3. The summed E-state index contributed by atoms with van der Waals surface area (Å²) in [5.74, 6) is -1.33. The zero-order valence-corrected chi connectivity index (χ0v) is 18.7. The number of nitrogens with one attached hydrogen (secondary N) is 1. The molecule has 0 bridgehead atoms. The summed E-state index contributed by atoms with van der Waals surface area (Å²) in [4.78, 5) is 13.5. The fraction of sp³-hybridized carbons (Fsp3) is 0.179. The smallest absolute Gasteiger partial charge is 0.338 e. The Labute approximate surface area is 197 Å². The van der Waals surface area contributed by atoms with Crippen LogP contribution in [0.1, 0.15) is 28.9 Å². The number of carboxylic acid groups (broad SMARTS) is 1. The van der Waals surface area contributed by atoms with Crippen LogP contribution in [0.5, 0.6) is 5.75 Å². The van der Waals surface area contributed by atoms with Crippen molar-refractivity contribution < 1.29 is 19.0 Å². The molecule has 2 unspecified atom stereocenters. The molecule has 1 aliphatic rings. The first-order valence-electron chi connectivity index (χ1n) is 11.3. The fourth-order valence-electron chi connectivity index (χ4n) is 4.54. The third kappa shape index (κ3) is 4.20. The molecule has 34 heavy (non-hydrogen) atoms. The van der Waals surface area contributed by atoms with E-state index in [1.807, 2.05) is 41.3 Å². The van der Waals surface area contributed by atoms with E-state index in [0.29, 0.717) is 24.5 Å². The second kappa shape index (κ2) is 9.15. The van der Waals surface area contributed by atoms with E-state index < -0.39 is 11.8 Å². The molecular weight excluding hydrogens is 431 g/mol. The standard InChI is InChI=1S/C28H25FN2O3/c1-18(22-10-6-8-19-7-2-3-9-23(19)22)30-16-21-17-31(26-11-4-5-12-27(26)34-21)20-13-14-25(29)24(15-20)28(32)33/h2-15,18,21,30H,16-17H2,1H3,(H,32,33). The molecule has 0 saturated heterocycles. The van der Waals surface area contributed by atoms with Gasteiger partial charge in [0.05, 0.1) is 17.8 Å². The van der Waals surface area contributed by atoms with Crippen LogP contribution >= 0.6 is 0 Å². The van der Waals surface area contributed by atoms with E-state index in [2.05, 4.69) is 42.6 Å². The molecule has 4 aromatic rings. The maximum Gasteiger partial charge on any atom is 0.338 e. The Bertz CT molecular complexity index is 1350. The summed E-state index contributed by atoms with van der Waals surface area (Å²) in [6.45, 7) is 3.22. The van der Waals surface area contributed by atoms with Gasteiger partial charge in [-0.25, -0.2) is 9.18 Å². The average Bonchev–Trinajstić information content (AvgIpc) is 2.86. The number of benzene rings is 4. The van der Waals surface area contributed by atoms with Gasteiger partial charge in [0.2, 0.25) is 0 Å². The molecule has 0 radical (unpaired) electrons. The number of hydrogen-bond donors (Lipinski definition) is 2. The lowest BCUT2D eigenvalue weighted by atomic mass is 9.99. The van der Waals surface area contributed by atoms with E-state index in [9.17, 15) is 14.3 Å². The van der Waals surface area contributed by atoms with Crippen molar-refractivity contribution in [1.29, 1.82) is 0 Å². The van der Waals surface area contributed by atoms with Gasteiger partial charge in [0.1, 0.15) is 17.7 Å². The summed E-state index contributed by atoms with van der Waals surface area (Å²) in [5, 5.41) is 15.4. The third-order valence-corrected chi connectivity index (χ3v) is 6.27. The number of carbonyl (C=O) groups is 1. The highest BCUT2D eigenvalue weighted by Gasteiger charge is 2.28. The highest BCUT2D eigenvalue weighted by molar-refractivity contribution is 5.90. The van der Waals surface area contributed by atoms with Crippen LogP contribution < -0.4 is 15.0 Å². The van der Waals surface area contributed by atoms with Crippen LogP contribution in [-0.2, 0) is 0 Å². The second-order valence-corrected chi connectivity index (χ2v) is 8.49. The maximum absolute atomic E-state index is 14.0. The van der Waals surface area contributed by atoms with Crippen LogP contribution in [0.3, 0.4) is 0 Å². The number of carboxylic acids is 1. The van der Waals surface area contributed by atoms with Crippen LogP contribution in [0, 0.1) is 5.82 Å². The van der Waals surface area contributed by atoms with Gasteiger partial charge >= 0.3 is 5.97 Å². The molecule has 0 aromatic heterocycles. The monoisotopic (exact) mass is 456 g/mol. The molecule has 172 valence electrons. The normalized spacial score (nSPS) is 16.1. The summed E-state index contributed by atoms with van der Waals surface area (Å²) >= 11 is 0. The highest BCUT2D eigenvalue weighted by atomic mass is 19.1. The van der Waals surface area contributed by atoms with E-state index in [1.54, 1.807) is 6.07 Å². The van der Waals surface area contributed by atoms with Gasteiger partial charge < -0.3 is 20.1 Å². The predicted octanol–water partition coefficient (Wildman–Crippen LogP) is 5.93. The molecule has 2 N–H and O–H groups in total. The van der Waals surface area contributed by atoms with Gasteiger partial charge in [-0.05, 0) is 53.6 Å². The average molecular weight is 457 g/mol. The lowest BCUT2D eigenvalue weighted by Gasteiger charge is -2.37. The Morgan fingerprint density at radius 1 is 1.09 bits per heavy atom. The van der Waals surface area contributed by atoms with E-state index in [-0.39, 0.29) is 17.7 Å². The number of nitrogens with zero attached hydrogens (tertiary/aromatic N) is 1. The first-order chi connectivity index (χ1) is 16.5. The van der Waals surface area contributed by atoms with Crippen LogP contribution in [0.4, 0.5) is 15.8 Å². The Balaban J connectivity index is 1.39. The molecule has 0 fully saturated rings. The topological polar surface area (TPSA) is 61.8 Å². The van der Waals surface area contributed by atoms with Crippen molar-refractivity contribution in [3.8, 4) is 5.75 Å². The van der Waals surface area contributed by atoms with Crippen molar-refractivity contribution >= 4 is 28.1 Å². The number of halogens is 1. The summed E-state index contributed by atoms with van der Waals surface area (Å²) in [5.41, 5.74) is 2.31. The number of aromatic carboxylic acids is 1. The summed E-state index contributed by atoms with van der Waals surface area (Å²) in [7, 11) is 0. The zero-order chi connectivity index (χ0) is 23.7. The van der Waals surface area contributed by atoms with Gasteiger partial charge in [0, 0.05) is 18.3 Å². The number of para-hydroxylation sites is 2. The first kappa shape index (κ1) is 21.9. The third-order valence-electron chi connectivity index (χ3n) is 6.27. The highest BCUT2D eigenvalue weighted by Crippen LogP contribution is 2.38. The lowest BCUT2D eigenvalue weighted by Crippen LogP contribution is -2.44. The lowest BCUT2D eigenvalue weighted by molar-refractivity contribution is 0.0692. The first-order valence-corrected chi connectivity index (χ1v) is 11.3. The molecule has 1 heterocycles. The van der Waals surface area contributed by atoms with Gasteiger partial charge in [-0.3, -0.25) is 0 Å². The van der Waals surface area contributed by atoms with Gasteiger partial charge in [0.25, 0.3) is 0 Å².